The number of carbonyl (C=O) groups is 2. The molecule has 4 rings (SSSR count). The van der Waals surface area contributed by atoms with E-state index in [1.54, 1.807) is 4.90 Å². The Bertz CT molecular complexity index is 1040. The zero-order chi connectivity index (χ0) is 23.0. The minimum Gasteiger partial charge on any atom is -0.378 e. The van der Waals surface area contributed by atoms with Gasteiger partial charge in [-0.05, 0) is 36.6 Å². The van der Waals surface area contributed by atoms with E-state index < -0.39 is 6.04 Å². The zero-order valence-electron chi connectivity index (χ0n) is 19.0. The largest absolute Gasteiger partial charge is 0.378 e. The number of hydrogen-bond donors (Lipinski definition) is 1. The minimum atomic E-state index is -0.634. The monoisotopic (exact) mass is 445 g/mol. The molecule has 1 aromatic heterocycles. The van der Waals surface area contributed by atoms with Crippen LogP contribution >= 0.6 is 0 Å². The molecule has 33 heavy (non-hydrogen) atoms. The Kier molecular flexibility index (Phi) is 7.58. The van der Waals surface area contributed by atoms with Crippen molar-refractivity contribution in [2.75, 3.05) is 26.3 Å². The van der Waals surface area contributed by atoms with Crippen LogP contribution in [0.25, 0.3) is 0 Å². The Hall–Kier alpha value is -3.38. The lowest BCUT2D eigenvalue weighted by Gasteiger charge is -2.31. The van der Waals surface area contributed by atoms with Crippen LogP contribution in [-0.4, -0.2) is 53.6 Å². The van der Waals surface area contributed by atoms with Gasteiger partial charge in [-0.15, -0.1) is 0 Å². The van der Waals surface area contributed by atoms with Gasteiger partial charge in [-0.25, -0.2) is 0 Å². The molecule has 2 heterocycles. The third kappa shape index (κ3) is 5.90. The molecule has 1 aliphatic rings. The fourth-order valence-corrected chi connectivity index (χ4v) is 4.31. The quantitative estimate of drug-likeness (QED) is 0.577. The molecule has 1 fully saturated rings. The maximum absolute atomic E-state index is 13.3. The molecule has 0 saturated carbocycles. The van der Waals surface area contributed by atoms with Gasteiger partial charge >= 0.3 is 0 Å². The highest BCUT2D eigenvalue weighted by molar-refractivity contribution is 5.96. The number of hydrogen-bond acceptors (Lipinski definition) is 3. The first-order chi connectivity index (χ1) is 16.1. The predicted octanol–water partition coefficient (Wildman–Crippen LogP) is 3.49. The number of rotatable bonds is 8. The summed E-state index contributed by atoms with van der Waals surface area (Å²) < 4.78 is 7.38. The van der Waals surface area contributed by atoms with Crippen LogP contribution < -0.4 is 5.32 Å². The summed E-state index contributed by atoms with van der Waals surface area (Å²) in [6, 6.07) is 23.2. The van der Waals surface area contributed by atoms with Gasteiger partial charge in [0.1, 0.15) is 11.7 Å². The van der Waals surface area contributed by atoms with Crippen molar-refractivity contribution in [3.63, 3.8) is 0 Å². The van der Waals surface area contributed by atoms with Gasteiger partial charge in [-0.1, -0.05) is 60.7 Å². The Labute approximate surface area is 195 Å². The van der Waals surface area contributed by atoms with Crippen molar-refractivity contribution < 1.29 is 14.3 Å². The molecule has 0 aliphatic carbocycles. The SMILES string of the molecule is CC(Cc1ccccc1)n1cccc1C(=O)NC(Cc1ccccc1)C(=O)N1CCOCC1. The molecule has 2 amide bonds. The predicted molar refractivity (Wildman–Crippen MR) is 128 cm³/mol. The van der Waals surface area contributed by atoms with Crippen molar-refractivity contribution in [2.24, 2.45) is 0 Å². The number of carbonyl (C=O) groups excluding carboxylic acids is 2. The van der Waals surface area contributed by atoms with Gasteiger partial charge in [0.2, 0.25) is 5.91 Å². The topological polar surface area (TPSA) is 63.6 Å². The van der Waals surface area contributed by atoms with E-state index in [1.165, 1.54) is 5.56 Å². The number of ether oxygens (including phenoxy) is 1. The Balaban J connectivity index is 1.50. The van der Waals surface area contributed by atoms with E-state index in [1.807, 2.05) is 71.4 Å². The molecule has 6 nitrogen and oxygen atoms in total. The molecule has 2 aromatic carbocycles. The lowest BCUT2D eigenvalue weighted by atomic mass is 10.0. The van der Waals surface area contributed by atoms with E-state index in [0.717, 1.165) is 12.0 Å². The van der Waals surface area contributed by atoms with Gasteiger partial charge in [0.25, 0.3) is 5.91 Å². The summed E-state index contributed by atoms with van der Waals surface area (Å²) in [6.07, 6.45) is 3.19. The lowest BCUT2D eigenvalue weighted by Crippen LogP contribution is -2.52. The summed E-state index contributed by atoms with van der Waals surface area (Å²) in [5, 5.41) is 3.03. The number of morpholine rings is 1. The average Bonchev–Trinajstić information content (AvgIpc) is 3.35. The fourth-order valence-electron chi connectivity index (χ4n) is 4.31. The first-order valence-electron chi connectivity index (χ1n) is 11.5. The third-order valence-corrected chi connectivity index (χ3v) is 6.07. The zero-order valence-corrected chi connectivity index (χ0v) is 19.0. The second-order valence-electron chi connectivity index (χ2n) is 8.49. The van der Waals surface area contributed by atoms with Crippen LogP contribution in [0.3, 0.4) is 0 Å². The summed E-state index contributed by atoms with van der Waals surface area (Å²) in [6.45, 7) is 4.24. The Morgan fingerprint density at radius 2 is 1.48 bits per heavy atom. The number of aromatic nitrogens is 1. The van der Waals surface area contributed by atoms with Crippen molar-refractivity contribution in [3.05, 3.63) is 95.8 Å². The smallest absolute Gasteiger partial charge is 0.268 e. The van der Waals surface area contributed by atoms with Crippen LogP contribution in [0.1, 0.15) is 34.6 Å². The average molecular weight is 446 g/mol. The number of amides is 2. The van der Waals surface area contributed by atoms with E-state index in [4.69, 9.17) is 4.74 Å². The van der Waals surface area contributed by atoms with Crippen molar-refractivity contribution in [1.82, 2.24) is 14.8 Å². The number of nitrogens with one attached hydrogen (secondary N) is 1. The van der Waals surface area contributed by atoms with Crippen molar-refractivity contribution >= 4 is 11.8 Å². The van der Waals surface area contributed by atoms with Crippen molar-refractivity contribution in [1.29, 1.82) is 0 Å². The van der Waals surface area contributed by atoms with Crippen molar-refractivity contribution in [3.8, 4) is 0 Å². The summed E-state index contributed by atoms with van der Waals surface area (Å²) in [5.74, 6) is -0.298. The van der Waals surface area contributed by atoms with E-state index in [-0.39, 0.29) is 17.9 Å². The molecule has 0 radical (unpaired) electrons. The highest BCUT2D eigenvalue weighted by Gasteiger charge is 2.28. The van der Waals surface area contributed by atoms with Crippen molar-refractivity contribution in [2.45, 2.75) is 31.8 Å². The molecule has 2 unspecified atom stereocenters. The molecule has 1 aliphatic heterocycles. The second-order valence-corrected chi connectivity index (χ2v) is 8.49. The Morgan fingerprint density at radius 1 is 0.879 bits per heavy atom. The highest BCUT2D eigenvalue weighted by Crippen LogP contribution is 2.18. The van der Waals surface area contributed by atoms with Crippen LogP contribution in [0.2, 0.25) is 0 Å². The number of benzene rings is 2. The van der Waals surface area contributed by atoms with Crippen LogP contribution in [0, 0.1) is 0 Å². The second kappa shape index (κ2) is 11.0. The van der Waals surface area contributed by atoms with Gasteiger partial charge in [-0.3, -0.25) is 9.59 Å². The van der Waals surface area contributed by atoms with Gasteiger partial charge in [-0.2, -0.15) is 0 Å². The summed E-state index contributed by atoms with van der Waals surface area (Å²) in [5.41, 5.74) is 2.79. The van der Waals surface area contributed by atoms with Crippen LogP contribution in [-0.2, 0) is 22.4 Å². The van der Waals surface area contributed by atoms with Crippen LogP contribution in [0.4, 0.5) is 0 Å². The van der Waals surface area contributed by atoms with Crippen LogP contribution in [0.15, 0.2) is 79.0 Å². The first kappa shape index (κ1) is 22.8. The van der Waals surface area contributed by atoms with Gasteiger partial charge in [0, 0.05) is 31.7 Å². The lowest BCUT2D eigenvalue weighted by molar-refractivity contribution is -0.137. The molecular formula is C27H31N3O3. The van der Waals surface area contributed by atoms with Crippen LogP contribution in [0.5, 0.6) is 0 Å². The summed E-state index contributed by atoms with van der Waals surface area (Å²) in [4.78, 5) is 28.4. The normalized spacial score (nSPS) is 15.6. The summed E-state index contributed by atoms with van der Waals surface area (Å²) in [7, 11) is 0. The van der Waals surface area contributed by atoms with Gasteiger partial charge in [0.15, 0.2) is 0 Å². The Morgan fingerprint density at radius 3 is 2.12 bits per heavy atom. The maximum atomic E-state index is 13.3. The maximum Gasteiger partial charge on any atom is 0.268 e. The first-order valence-corrected chi connectivity index (χ1v) is 11.5. The fraction of sp³-hybridized carbons (Fsp3) is 0.333. The molecule has 2 atom stereocenters. The van der Waals surface area contributed by atoms with E-state index in [2.05, 4.69) is 24.4 Å². The number of nitrogens with zero attached hydrogens (tertiary/aromatic N) is 2. The van der Waals surface area contributed by atoms with Gasteiger partial charge < -0.3 is 19.5 Å². The molecule has 0 bridgehead atoms. The van der Waals surface area contributed by atoms with Gasteiger partial charge in [0.05, 0.1) is 13.2 Å². The highest BCUT2D eigenvalue weighted by atomic mass is 16.5. The van der Waals surface area contributed by atoms with E-state index in [9.17, 15) is 9.59 Å². The molecule has 3 aromatic rings. The molecular weight excluding hydrogens is 414 g/mol. The molecule has 1 saturated heterocycles. The minimum absolute atomic E-state index is 0.0639. The molecule has 6 heteroatoms. The summed E-state index contributed by atoms with van der Waals surface area (Å²) >= 11 is 0. The standard InChI is InChI=1S/C27H31N3O3/c1-21(19-22-9-4-2-5-10-22)30-14-8-13-25(30)26(31)28-24(20-23-11-6-3-7-12-23)27(32)29-15-17-33-18-16-29/h2-14,21,24H,15-20H2,1H3,(H,28,31). The molecule has 172 valence electrons. The molecule has 0 spiro atoms. The molecule has 1 N–H and O–H groups in total. The van der Waals surface area contributed by atoms with E-state index in [0.29, 0.717) is 38.4 Å². The van der Waals surface area contributed by atoms with E-state index >= 15 is 0 Å². The third-order valence-electron chi connectivity index (χ3n) is 6.07.